The van der Waals surface area contributed by atoms with Gasteiger partial charge >= 0.3 is 0 Å². The Balaban J connectivity index is 1.88. The maximum atomic E-state index is 5.33. The Bertz CT molecular complexity index is 282. The van der Waals surface area contributed by atoms with Crippen molar-refractivity contribution < 1.29 is 14.5 Å². The fourth-order valence-electron chi connectivity index (χ4n) is 1.71. The first kappa shape index (κ1) is 11.3. The van der Waals surface area contributed by atoms with Crippen LogP contribution in [-0.4, -0.2) is 24.3 Å². The number of alkyl halides is 1. The van der Waals surface area contributed by atoms with E-state index in [1.54, 1.807) is 7.11 Å². The van der Waals surface area contributed by atoms with Crippen LogP contribution in [-0.2, 0) is 14.5 Å². The van der Waals surface area contributed by atoms with Gasteiger partial charge in [0.1, 0.15) is 4.51 Å². The summed E-state index contributed by atoms with van der Waals surface area (Å²) in [6.07, 6.45) is 9.27. The van der Waals surface area contributed by atoms with E-state index in [1.165, 1.54) is 5.57 Å². The van der Waals surface area contributed by atoms with Crippen LogP contribution in [0.2, 0.25) is 0 Å². The number of methoxy groups -OCH3 is 1. The van der Waals surface area contributed by atoms with Crippen LogP contribution < -0.4 is 0 Å². The molecular weight excluding hydrogens is 260 g/mol. The van der Waals surface area contributed by atoms with Gasteiger partial charge < -0.3 is 4.74 Å². The number of hydrogen-bond acceptors (Lipinski definition) is 3. The fourth-order valence-corrected chi connectivity index (χ4v) is 2.01. The lowest BCUT2D eigenvalue weighted by molar-refractivity contribution is -0.273. The van der Waals surface area contributed by atoms with Gasteiger partial charge in [-0.3, -0.25) is 0 Å². The Hall–Kier alpha value is -0.160. The second kappa shape index (κ2) is 4.78. The molecule has 0 aromatic carbocycles. The lowest BCUT2D eigenvalue weighted by Gasteiger charge is -2.24. The predicted molar refractivity (Wildman–Crippen MR) is 60.6 cm³/mol. The average Bonchev–Trinajstić information content (AvgIpc) is 2.75. The minimum absolute atomic E-state index is 0.214. The van der Waals surface area contributed by atoms with Crippen LogP contribution >= 0.6 is 15.9 Å². The normalized spacial score (nSPS) is 35.6. The largest absolute Gasteiger partial charge is 0.363 e. The van der Waals surface area contributed by atoms with Gasteiger partial charge in [-0.1, -0.05) is 12.2 Å². The summed E-state index contributed by atoms with van der Waals surface area (Å²) in [5, 5.41) is 0. The maximum Gasteiger partial charge on any atom is 0.144 e. The Morgan fingerprint density at radius 1 is 1.67 bits per heavy atom. The topological polar surface area (TPSA) is 27.7 Å². The monoisotopic (exact) mass is 274 g/mol. The molecule has 1 aliphatic carbocycles. The van der Waals surface area contributed by atoms with Gasteiger partial charge in [0.25, 0.3) is 0 Å². The second-order valence-corrected chi connectivity index (χ2v) is 5.18. The van der Waals surface area contributed by atoms with E-state index in [2.05, 4.69) is 28.1 Å². The van der Waals surface area contributed by atoms with Crippen LogP contribution in [0.5, 0.6) is 0 Å². The molecule has 2 rings (SSSR count). The highest BCUT2D eigenvalue weighted by molar-refractivity contribution is 9.10. The molecule has 1 fully saturated rings. The molecule has 4 heteroatoms. The molecule has 3 nitrogen and oxygen atoms in total. The van der Waals surface area contributed by atoms with Crippen molar-refractivity contribution in [3.63, 3.8) is 0 Å². The van der Waals surface area contributed by atoms with E-state index in [0.29, 0.717) is 6.61 Å². The van der Waals surface area contributed by atoms with Crippen molar-refractivity contribution >= 4 is 15.9 Å². The van der Waals surface area contributed by atoms with Gasteiger partial charge in [-0.25, -0.2) is 9.78 Å². The molecule has 2 aliphatic rings. The van der Waals surface area contributed by atoms with E-state index in [9.17, 15) is 0 Å². The molecule has 1 heterocycles. The molecule has 0 spiro atoms. The Kier molecular flexibility index (Phi) is 3.61. The van der Waals surface area contributed by atoms with Gasteiger partial charge in [-0.05, 0) is 27.6 Å². The van der Waals surface area contributed by atoms with Crippen LogP contribution in [0.3, 0.4) is 0 Å². The molecule has 0 bridgehead atoms. The molecule has 0 amide bonds. The predicted octanol–water partition coefficient (Wildman–Crippen LogP) is 2.72. The Morgan fingerprint density at radius 3 is 3.07 bits per heavy atom. The molecule has 0 N–H and O–H groups in total. The molecule has 0 saturated carbocycles. The zero-order chi connectivity index (χ0) is 10.7. The number of rotatable bonds is 3. The van der Waals surface area contributed by atoms with Crippen molar-refractivity contribution in [2.75, 3.05) is 13.7 Å². The molecule has 1 unspecified atom stereocenters. The number of hydrogen-bond donors (Lipinski definition) is 0. The summed E-state index contributed by atoms with van der Waals surface area (Å²) < 4.78 is 5.01. The number of ether oxygens (including phenoxy) is 1. The van der Waals surface area contributed by atoms with Crippen molar-refractivity contribution in [2.45, 2.75) is 29.9 Å². The van der Waals surface area contributed by atoms with Crippen LogP contribution in [0.15, 0.2) is 23.8 Å². The minimum atomic E-state index is -0.316. The van der Waals surface area contributed by atoms with E-state index in [1.807, 2.05) is 6.08 Å². The van der Waals surface area contributed by atoms with E-state index in [4.69, 9.17) is 14.5 Å². The zero-order valence-corrected chi connectivity index (χ0v) is 10.3. The quantitative estimate of drug-likeness (QED) is 0.585. The molecule has 1 saturated heterocycles. The standard InChI is InChI=1S/C11H15BrO3/c1-13-11(12)5-2-9(3-6-11)8-10-4-7-14-15-10/h2-3,5,10H,4,6-8H2,1H3/t10-,11?/m1/s1. The van der Waals surface area contributed by atoms with Crippen LogP contribution in [0, 0.1) is 0 Å². The molecule has 15 heavy (non-hydrogen) atoms. The Morgan fingerprint density at radius 2 is 2.53 bits per heavy atom. The summed E-state index contributed by atoms with van der Waals surface area (Å²) in [5.41, 5.74) is 1.29. The minimum Gasteiger partial charge on any atom is -0.363 e. The number of halogens is 1. The van der Waals surface area contributed by atoms with Crippen LogP contribution in [0.25, 0.3) is 0 Å². The van der Waals surface area contributed by atoms with Crippen molar-refractivity contribution in [1.82, 2.24) is 0 Å². The summed E-state index contributed by atoms with van der Waals surface area (Å²) in [5.74, 6) is 0. The third kappa shape index (κ3) is 2.91. The first-order valence-electron chi connectivity index (χ1n) is 5.12. The lowest BCUT2D eigenvalue weighted by atomic mass is 9.99. The molecule has 0 aromatic heterocycles. The molecule has 0 radical (unpaired) electrons. The molecule has 84 valence electrons. The third-order valence-electron chi connectivity index (χ3n) is 2.72. The summed E-state index contributed by atoms with van der Waals surface area (Å²) >= 11 is 3.53. The summed E-state index contributed by atoms with van der Waals surface area (Å²) in [4.78, 5) is 9.99. The van der Waals surface area contributed by atoms with Gasteiger partial charge in [0.05, 0.1) is 12.7 Å². The lowest BCUT2D eigenvalue weighted by Crippen LogP contribution is -2.21. The molecular formula is C11H15BrO3. The van der Waals surface area contributed by atoms with Gasteiger partial charge in [0.2, 0.25) is 0 Å². The average molecular weight is 275 g/mol. The smallest absolute Gasteiger partial charge is 0.144 e. The Labute approximate surface area is 98.1 Å². The van der Waals surface area contributed by atoms with Gasteiger partial charge in [0, 0.05) is 26.4 Å². The number of allylic oxidation sites excluding steroid dienone is 1. The fraction of sp³-hybridized carbons (Fsp3) is 0.636. The highest BCUT2D eigenvalue weighted by atomic mass is 79.9. The molecule has 0 aromatic rings. The van der Waals surface area contributed by atoms with Gasteiger partial charge in [-0.15, -0.1) is 0 Å². The van der Waals surface area contributed by atoms with Crippen molar-refractivity contribution in [3.8, 4) is 0 Å². The molecule has 1 aliphatic heterocycles. The van der Waals surface area contributed by atoms with Gasteiger partial charge in [0.15, 0.2) is 0 Å². The first-order valence-corrected chi connectivity index (χ1v) is 5.92. The van der Waals surface area contributed by atoms with Crippen LogP contribution in [0.1, 0.15) is 19.3 Å². The highest BCUT2D eigenvalue weighted by Gasteiger charge is 2.25. The second-order valence-electron chi connectivity index (χ2n) is 3.84. The van der Waals surface area contributed by atoms with E-state index >= 15 is 0 Å². The van der Waals surface area contributed by atoms with Crippen molar-refractivity contribution in [1.29, 1.82) is 0 Å². The molecule has 2 atom stereocenters. The zero-order valence-electron chi connectivity index (χ0n) is 8.74. The SMILES string of the molecule is COC1(Br)C=CC(C[C@H]2CCOO2)=CC1. The van der Waals surface area contributed by atoms with Crippen LogP contribution in [0.4, 0.5) is 0 Å². The van der Waals surface area contributed by atoms with E-state index in [0.717, 1.165) is 19.3 Å². The van der Waals surface area contributed by atoms with Crippen molar-refractivity contribution in [2.24, 2.45) is 0 Å². The summed E-state index contributed by atoms with van der Waals surface area (Å²) in [6.45, 7) is 0.710. The summed E-state index contributed by atoms with van der Waals surface area (Å²) in [7, 11) is 1.70. The third-order valence-corrected chi connectivity index (χ3v) is 3.63. The van der Waals surface area contributed by atoms with E-state index in [-0.39, 0.29) is 10.6 Å². The highest BCUT2D eigenvalue weighted by Crippen LogP contribution is 2.32. The van der Waals surface area contributed by atoms with E-state index < -0.39 is 0 Å². The summed E-state index contributed by atoms with van der Waals surface area (Å²) in [6, 6.07) is 0. The van der Waals surface area contributed by atoms with Crippen molar-refractivity contribution in [3.05, 3.63) is 23.8 Å². The maximum absolute atomic E-state index is 5.33. The first-order chi connectivity index (χ1) is 7.22. The van der Waals surface area contributed by atoms with Gasteiger partial charge in [-0.2, -0.15) is 0 Å².